The quantitative estimate of drug-likeness (QED) is 0.552. The summed E-state index contributed by atoms with van der Waals surface area (Å²) in [6.45, 7) is 11.0. The Labute approximate surface area is 210 Å². The molecular formula is C30H40N4O. The predicted octanol–water partition coefficient (Wildman–Crippen LogP) is 6.39. The fourth-order valence-corrected chi connectivity index (χ4v) is 6.74. The van der Waals surface area contributed by atoms with Crippen molar-refractivity contribution < 1.29 is 4.79 Å². The highest BCUT2D eigenvalue weighted by Crippen LogP contribution is 2.52. The number of carbonyl (C=O) groups excluding carboxylic acids is 1. The van der Waals surface area contributed by atoms with E-state index < -0.39 is 5.41 Å². The molecule has 1 saturated heterocycles. The third-order valence-electron chi connectivity index (χ3n) is 8.30. The van der Waals surface area contributed by atoms with E-state index in [1.165, 1.54) is 18.4 Å². The lowest BCUT2D eigenvalue weighted by molar-refractivity contribution is -0.142. The van der Waals surface area contributed by atoms with Gasteiger partial charge in [0.25, 0.3) is 0 Å². The average molecular weight is 473 g/mol. The topological polar surface area (TPSA) is 57.1 Å². The van der Waals surface area contributed by atoms with E-state index in [0.717, 1.165) is 62.3 Å². The molecule has 1 amide bonds. The van der Waals surface area contributed by atoms with E-state index in [-0.39, 0.29) is 17.2 Å². The highest BCUT2D eigenvalue weighted by molar-refractivity contribution is 6.21. The minimum atomic E-state index is -0.640. The van der Waals surface area contributed by atoms with Gasteiger partial charge in [-0.2, -0.15) is 0 Å². The van der Waals surface area contributed by atoms with Crippen molar-refractivity contribution in [3.63, 3.8) is 0 Å². The minimum absolute atomic E-state index is 0.231. The molecule has 1 saturated carbocycles. The molecule has 4 aliphatic rings. The van der Waals surface area contributed by atoms with Crippen LogP contribution in [0.2, 0.25) is 0 Å². The number of fused-ring (bicyclic) bond motifs is 1. The lowest BCUT2D eigenvalue weighted by Gasteiger charge is -2.48. The first-order chi connectivity index (χ1) is 16.8. The number of benzene rings is 1. The summed E-state index contributed by atoms with van der Waals surface area (Å²) in [5.74, 6) is 1.74. The lowest BCUT2D eigenvalue weighted by atomic mass is 9.58. The molecule has 1 aromatic carbocycles. The van der Waals surface area contributed by atoms with Crippen molar-refractivity contribution in [1.29, 1.82) is 0 Å². The molecule has 2 aliphatic heterocycles. The van der Waals surface area contributed by atoms with Gasteiger partial charge in [-0.25, -0.2) is 9.98 Å². The van der Waals surface area contributed by atoms with Gasteiger partial charge in [0, 0.05) is 18.8 Å². The van der Waals surface area contributed by atoms with Crippen molar-refractivity contribution in [3.8, 4) is 0 Å². The number of aryl methyl sites for hydroxylation is 1. The van der Waals surface area contributed by atoms with E-state index >= 15 is 0 Å². The molecular weight excluding hydrogens is 432 g/mol. The highest BCUT2D eigenvalue weighted by Gasteiger charge is 2.50. The third-order valence-corrected chi connectivity index (χ3v) is 8.30. The van der Waals surface area contributed by atoms with Gasteiger partial charge in [0.1, 0.15) is 0 Å². The number of likely N-dealkylation sites (tertiary alicyclic amines) is 1. The summed E-state index contributed by atoms with van der Waals surface area (Å²) < 4.78 is 0. The zero-order valence-electron chi connectivity index (χ0n) is 21.8. The van der Waals surface area contributed by atoms with E-state index in [2.05, 4.69) is 80.4 Å². The van der Waals surface area contributed by atoms with Crippen LogP contribution < -0.4 is 5.32 Å². The van der Waals surface area contributed by atoms with E-state index in [4.69, 9.17) is 9.98 Å². The summed E-state index contributed by atoms with van der Waals surface area (Å²) >= 11 is 0. The van der Waals surface area contributed by atoms with Crippen LogP contribution >= 0.6 is 0 Å². The SMILES string of the molecule is CCc1ccc(NC2=NC3=CC(C(=O)N4CCCCC4)([C@H]4C[C@H](C)CC(C)(C)C4)C=CC3=N2)cc1. The minimum Gasteiger partial charge on any atom is -0.342 e. The highest BCUT2D eigenvalue weighted by atomic mass is 16.2. The molecule has 3 atom stereocenters. The van der Waals surface area contributed by atoms with Crippen LogP contribution in [0.3, 0.4) is 0 Å². The molecule has 35 heavy (non-hydrogen) atoms. The Bertz CT molecular complexity index is 1090. The number of hydrogen-bond acceptors (Lipinski definition) is 4. The number of guanidine groups is 1. The van der Waals surface area contributed by atoms with Crippen molar-refractivity contribution in [2.24, 2.45) is 32.7 Å². The summed E-state index contributed by atoms with van der Waals surface area (Å²) in [6, 6.07) is 8.41. The van der Waals surface area contributed by atoms with E-state index in [1.807, 2.05) is 0 Å². The smallest absolute Gasteiger partial charge is 0.236 e. The van der Waals surface area contributed by atoms with Gasteiger partial charge in [0.15, 0.2) is 0 Å². The second kappa shape index (κ2) is 9.40. The average Bonchev–Trinajstić information content (AvgIpc) is 3.24. The van der Waals surface area contributed by atoms with Gasteiger partial charge in [-0.15, -0.1) is 0 Å². The maximum atomic E-state index is 14.2. The number of allylic oxidation sites excluding steroid dienone is 1. The largest absolute Gasteiger partial charge is 0.342 e. The standard InChI is InChI=1S/C30H40N4O/c1-5-22-9-11-24(12-10-22)31-28-32-25-13-14-30(20-26(25)33-28,27(35)34-15-7-6-8-16-34)23-17-21(2)18-29(3,4)19-23/h9-14,20-21,23H,5-8,15-19H2,1-4H3,(H,31,33)/t21-,23-,30?/m0/s1. The lowest BCUT2D eigenvalue weighted by Crippen LogP contribution is -2.51. The van der Waals surface area contributed by atoms with Crippen LogP contribution in [0.1, 0.15) is 71.8 Å². The number of carbonyl (C=O) groups is 1. The van der Waals surface area contributed by atoms with Crippen LogP contribution in [-0.2, 0) is 11.2 Å². The van der Waals surface area contributed by atoms with Crippen LogP contribution in [0.15, 0.2) is 58.2 Å². The molecule has 186 valence electrons. The molecule has 2 heterocycles. The molecule has 1 aromatic rings. The number of hydrogen-bond donors (Lipinski definition) is 1. The fraction of sp³-hybridized carbons (Fsp3) is 0.567. The Morgan fingerprint density at radius 1 is 1.09 bits per heavy atom. The Kier molecular flexibility index (Phi) is 6.45. The van der Waals surface area contributed by atoms with Crippen molar-refractivity contribution in [2.75, 3.05) is 18.4 Å². The predicted molar refractivity (Wildman–Crippen MR) is 145 cm³/mol. The van der Waals surface area contributed by atoms with E-state index in [9.17, 15) is 4.79 Å². The summed E-state index contributed by atoms with van der Waals surface area (Å²) in [5.41, 5.74) is 3.56. The molecule has 0 aromatic heterocycles. The molecule has 2 aliphatic carbocycles. The zero-order valence-corrected chi connectivity index (χ0v) is 21.8. The van der Waals surface area contributed by atoms with Gasteiger partial charge in [0.05, 0.1) is 16.8 Å². The zero-order chi connectivity index (χ0) is 24.6. The Hall–Kier alpha value is -2.69. The van der Waals surface area contributed by atoms with Gasteiger partial charge in [0.2, 0.25) is 11.9 Å². The second-order valence-electron chi connectivity index (χ2n) is 11.9. The van der Waals surface area contributed by atoms with Gasteiger partial charge in [-0.05, 0) is 92.0 Å². The Morgan fingerprint density at radius 3 is 2.51 bits per heavy atom. The van der Waals surface area contributed by atoms with Crippen LogP contribution in [-0.4, -0.2) is 35.6 Å². The second-order valence-corrected chi connectivity index (χ2v) is 11.9. The van der Waals surface area contributed by atoms with Crippen molar-refractivity contribution >= 4 is 23.3 Å². The first-order valence-electron chi connectivity index (χ1n) is 13.5. The van der Waals surface area contributed by atoms with Crippen LogP contribution in [0.25, 0.3) is 0 Å². The van der Waals surface area contributed by atoms with E-state index in [1.54, 1.807) is 0 Å². The molecule has 2 fully saturated rings. The number of anilines is 1. The number of amides is 1. The summed E-state index contributed by atoms with van der Waals surface area (Å²) in [5, 5.41) is 3.36. The maximum absolute atomic E-state index is 14.2. The Balaban J connectivity index is 1.48. The first kappa shape index (κ1) is 24.0. The molecule has 0 bridgehead atoms. The number of nitrogens with zero attached hydrogens (tertiary/aromatic N) is 3. The van der Waals surface area contributed by atoms with Crippen LogP contribution in [0.4, 0.5) is 5.69 Å². The normalized spacial score (nSPS) is 29.7. The number of aliphatic imine (C=N–C) groups is 2. The molecule has 5 rings (SSSR count). The third kappa shape index (κ3) is 4.87. The van der Waals surface area contributed by atoms with E-state index in [0.29, 0.717) is 11.9 Å². The van der Waals surface area contributed by atoms with Crippen molar-refractivity contribution in [2.45, 2.75) is 72.6 Å². The van der Waals surface area contributed by atoms with Crippen LogP contribution in [0, 0.1) is 22.7 Å². The van der Waals surface area contributed by atoms with Gasteiger partial charge < -0.3 is 10.2 Å². The Morgan fingerprint density at radius 2 is 1.83 bits per heavy atom. The maximum Gasteiger partial charge on any atom is 0.236 e. The molecule has 1 N–H and O–H groups in total. The number of piperidine rings is 1. The summed E-state index contributed by atoms with van der Waals surface area (Å²) in [4.78, 5) is 26.0. The molecule has 0 radical (unpaired) electrons. The molecule has 1 unspecified atom stereocenters. The molecule has 5 nitrogen and oxygen atoms in total. The van der Waals surface area contributed by atoms with Crippen LogP contribution in [0.5, 0.6) is 0 Å². The number of rotatable bonds is 4. The first-order valence-corrected chi connectivity index (χ1v) is 13.5. The number of nitrogens with one attached hydrogen (secondary N) is 1. The fourth-order valence-electron chi connectivity index (χ4n) is 6.74. The summed E-state index contributed by atoms with van der Waals surface area (Å²) in [7, 11) is 0. The van der Waals surface area contributed by atoms with Gasteiger partial charge in [-0.3, -0.25) is 4.79 Å². The summed E-state index contributed by atoms with van der Waals surface area (Å²) in [6.07, 6.45) is 14.2. The monoisotopic (exact) mass is 472 g/mol. The molecule has 0 spiro atoms. The molecule has 5 heteroatoms. The van der Waals surface area contributed by atoms with Gasteiger partial charge >= 0.3 is 0 Å². The van der Waals surface area contributed by atoms with Crippen molar-refractivity contribution in [3.05, 3.63) is 53.8 Å². The van der Waals surface area contributed by atoms with Gasteiger partial charge in [-0.1, -0.05) is 45.9 Å². The van der Waals surface area contributed by atoms with Crippen molar-refractivity contribution in [1.82, 2.24) is 4.90 Å².